The summed E-state index contributed by atoms with van der Waals surface area (Å²) in [7, 11) is 1.73. The summed E-state index contributed by atoms with van der Waals surface area (Å²) in [6.07, 6.45) is 0.919. The van der Waals surface area contributed by atoms with Gasteiger partial charge in [0.2, 0.25) is 0 Å². The highest BCUT2D eigenvalue weighted by Gasteiger charge is 2.18. The van der Waals surface area contributed by atoms with Gasteiger partial charge in [-0.25, -0.2) is 0 Å². The van der Waals surface area contributed by atoms with Gasteiger partial charge in [0.15, 0.2) is 0 Å². The van der Waals surface area contributed by atoms with E-state index in [1.165, 1.54) is 11.1 Å². The lowest BCUT2D eigenvalue weighted by molar-refractivity contribution is 0.402. The van der Waals surface area contributed by atoms with E-state index in [1.54, 1.807) is 7.11 Å². The summed E-state index contributed by atoms with van der Waals surface area (Å²) >= 11 is 0. The van der Waals surface area contributed by atoms with E-state index in [9.17, 15) is 0 Å². The van der Waals surface area contributed by atoms with Gasteiger partial charge in [0.1, 0.15) is 5.75 Å². The Kier molecular flexibility index (Phi) is 5.10. The molecule has 0 aliphatic heterocycles. The molecule has 0 aromatic heterocycles. The molecular formula is C16H22O. The van der Waals surface area contributed by atoms with Crippen molar-refractivity contribution < 1.29 is 4.74 Å². The molecule has 2 atom stereocenters. The van der Waals surface area contributed by atoms with Crippen molar-refractivity contribution in [3.05, 3.63) is 29.3 Å². The first kappa shape index (κ1) is 13.6. The zero-order valence-electron chi connectivity index (χ0n) is 11.5. The van der Waals surface area contributed by atoms with E-state index in [0.717, 1.165) is 12.2 Å². The van der Waals surface area contributed by atoms with Gasteiger partial charge >= 0.3 is 0 Å². The van der Waals surface area contributed by atoms with Gasteiger partial charge in [0.25, 0.3) is 0 Å². The molecule has 0 aliphatic carbocycles. The fraction of sp³-hybridized carbons (Fsp3) is 0.500. The van der Waals surface area contributed by atoms with Gasteiger partial charge < -0.3 is 4.74 Å². The van der Waals surface area contributed by atoms with E-state index in [4.69, 9.17) is 4.74 Å². The van der Waals surface area contributed by atoms with Crippen molar-refractivity contribution in [2.75, 3.05) is 7.11 Å². The van der Waals surface area contributed by atoms with E-state index in [-0.39, 0.29) is 0 Å². The Morgan fingerprint density at radius 2 is 2.00 bits per heavy atom. The predicted molar refractivity (Wildman–Crippen MR) is 73.4 cm³/mol. The molecule has 0 saturated carbocycles. The number of rotatable bonds is 3. The van der Waals surface area contributed by atoms with Crippen molar-refractivity contribution in [2.45, 2.75) is 40.0 Å². The van der Waals surface area contributed by atoms with Gasteiger partial charge in [-0.05, 0) is 24.5 Å². The fourth-order valence-corrected chi connectivity index (χ4v) is 2.05. The number of ether oxygens (including phenoxy) is 1. The van der Waals surface area contributed by atoms with Crippen LogP contribution in [-0.4, -0.2) is 7.11 Å². The third kappa shape index (κ3) is 3.27. The first-order chi connectivity index (χ1) is 8.11. The van der Waals surface area contributed by atoms with Crippen LogP contribution in [0.1, 0.15) is 44.2 Å². The molecule has 92 valence electrons. The second kappa shape index (κ2) is 6.35. The van der Waals surface area contributed by atoms with Crippen molar-refractivity contribution in [1.82, 2.24) is 0 Å². The van der Waals surface area contributed by atoms with Crippen molar-refractivity contribution in [3.8, 4) is 17.6 Å². The number of benzene rings is 1. The fourth-order valence-electron chi connectivity index (χ4n) is 2.05. The normalized spacial score (nSPS) is 13.5. The molecule has 0 aliphatic rings. The monoisotopic (exact) mass is 230 g/mol. The highest BCUT2D eigenvalue weighted by Crippen LogP contribution is 2.33. The molecule has 2 unspecified atom stereocenters. The highest BCUT2D eigenvalue weighted by atomic mass is 16.5. The van der Waals surface area contributed by atoms with E-state index in [1.807, 2.05) is 12.1 Å². The van der Waals surface area contributed by atoms with Crippen LogP contribution < -0.4 is 4.74 Å². The summed E-state index contributed by atoms with van der Waals surface area (Å²) in [5.74, 6) is 8.19. The van der Waals surface area contributed by atoms with Crippen LogP contribution in [0.3, 0.4) is 0 Å². The van der Waals surface area contributed by atoms with Gasteiger partial charge in [0, 0.05) is 17.9 Å². The Hall–Kier alpha value is -1.42. The van der Waals surface area contributed by atoms with Crippen molar-refractivity contribution in [2.24, 2.45) is 5.92 Å². The quantitative estimate of drug-likeness (QED) is 0.709. The van der Waals surface area contributed by atoms with Crippen molar-refractivity contribution in [3.63, 3.8) is 0 Å². The molecule has 0 bridgehead atoms. The maximum absolute atomic E-state index is 5.45. The minimum Gasteiger partial charge on any atom is -0.496 e. The molecule has 1 rings (SSSR count). The lowest BCUT2D eigenvalue weighted by Crippen LogP contribution is -2.07. The maximum atomic E-state index is 5.45. The minimum atomic E-state index is 0.352. The zero-order chi connectivity index (χ0) is 12.8. The van der Waals surface area contributed by atoms with Crippen molar-refractivity contribution in [1.29, 1.82) is 0 Å². The maximum Gasteiger partial charge on any atom is 0.122 e. The van der Waals surface area contributed by atoms with Crippen LogP contribution in [0.25, 0.3) is 0 Å². The number of methoxy groups -OCH3 is 1. The summed E-state index contributed by atoms with van der Waals surface area (Å²) in [6.45, 7) is 8.62. The summed E-state index contributed by atoms with van der Waals surface area (Å²) < 4.78 is 5.45. The second-order valence-electron chi connectivity index (χ2n) is 4.44. The van der Waals surface area contributed by atoms with E-state index < -0.39 is 0 Å². The molecule has 0 N–H and O–H groups in total. The van der Waals surface area contributed by atoms with Crippen LogP contribution in [0, 0.1) is 24.7 Å². The van der Waals surface area contributed by atoms with Gasteiger partial charge in [-0.3, -0.25) is 0 Å². The van der Waals surface area contributed by atoms with Gasteiger partial charge in [0.05, 0.1) is 7.11 Å². The summed E-state index contributed by atoms with van der Waals surface area (Å²) in [4.78, 5) is 0. The molecule has 0 radical (unpaired) electrons. The molecule has 1 aromatic rings. The van der Waals surface area contributed by atoms with Crippen molar-refractivity contribution >= 4 is 0 Å². The molecule has 0 fully saturated rings. The van der Waals surface area contributed by atoms with Crippen LogP contribution in [0.15, 0.2) is 18.2 Å². The number of hydrogen-bond donors (Lipinski definition) is 0. The Balaban J connectivity index is 3.06. The smallest absolute Gasteiger partial charge is 0.122 e. The van der Waals surface area contributed by atoms with Crippen LogP contribution in [0.5, 0.6) is 5.75 Å². The van der Waals surface area contributed by atoms with E-state index in [0.29, 0.717) is 11.8 Å². The first-order valence-electron chi connectivity index (χ1n) is 6.23. The van der Waals surface area contributed by atoms with Gasteiger partial charge in [-0.1, -0.05) is 38.8 Å². The average Bonchev–Trinajstić information content (AvgIpc) is 2.34. The predicted octanol–water partition coefficient (Wildman–Crippen LogP) is 4.16. The molecule has 0 heterocycles. The molecule has 17 heavy (non-hydrogen) atoms. The van der Waals surface area contributed by atoms with Gasteiger partial charge in [-0.2, -0.15) is 0 Å². The first-order valence-corrected chi connectivity index (χ1v) is 6.23. The second-order valence-corrected chi connectivity index (χ2v) is 4.44. The molecule has 0 amide bonds. The topological polar surface area (TPSA) is 9.23 Å². The molecule has 1 nitrogen and oxygen atoms in total. The number of hydrogen-bond acceptors (Lipinski definition) is 1. The van der Waals surface area contributed by atoms with E-state index in [2.05, 4.69) is 45.6 Å². The summed E-state index contributed by atoms with van der Waals surface area (Å²) in [5, 5.41) is 0. The SMILES string of the molecule is CCC#CC(C)C(C)c1c(C)cccc1OC. The Morgan fingerprint density at radius 1 is 1.29 bits per heavy atom. The van der Waals surface area contributed by atoms with Crippen LogP contribution >= 0.6 is 0 Å². The molecular weight excluding hydrogens is 208 g/mol. The lowest BCUT2D eigenvalue weighted by atomic mass is 9.86. The summed E-state index contributed by atoms with van der Waals surface area (Å²) in [5.41, 5.74) is 2.56. The molecule has 0 saturated heterocycles. The third-order valence-electron chi connectivity index (χ3n) is 3.22. The molecule has 1 heteroatoms. The minimum absolute atomic E-state index is 0.352. The average molecular weight is 230 g/mol. The Bertz CT molecular complexity index is 423. The Labute approximate surface area is 105 Å². The summed E-state index contributed by atoms with van der Waals surface area (Å²) in [6, 6.07) is 6.19. The largest absolute Gasteiger partial charge is 0.496 e. The standard InChI is InChI=1S/C16H22O/c1-6-7-9-12(2)14(4)16-13(3)10-8-11-15(16)17-5/h8,10-12,14H,6H2,1-5H3. The third-order valence-corrected chi connectivity index (χ3v) is 3.22. The highest BCUT2D eigenvalue weighted by molar-refractivity contribution is 5.43. The lowest BCUT2D eigenvalue weighted by Gasteiger charge is -2.20. The number of aryl methyl sites for hydroxylation is 1. The van der Waals surface area contributed by atoms with Gasteiger partial charge in [-0.15, -0.1) is 5.92 Å². The van der Waals surface area contributed by atoms with Crippen LogP contribution in [0.4, 0.5) is 0 Å². The van der Waals surface area contributed by atoms with E-state index >= 15 is 0 Å². The van der Waals surface area contributed by atoms with Crippen LogP contribution in [0.2, 0.25) is 0 Å². The zero-order valence-corrected chi connectivity index (χ0v) is 11.5. The molecule has 0 spiro atoms. The Morgan fingerprint density at radius 3 is 2.59 bits per heavy atom. The van der Waals surface area contributed by atoms with Crippen LogP contribution in [-0.2, 0) is 0 Å². The molecule has 1 aromatic carbocycles.